The number of methoxy groups -OCH3 is 2. The highest BCUT2D eigenvalue weighted by atomic mass is 16.5. The molecule has 2 heterocycles. The third-order valence-electron chi connectivity index (χ3n) is 5.48. The second-order valence-corrected chi connectivity index (χ2v) is 7.42. The normalized spacial score (nSPS) is 12.8. The van der Waals surface area contributed by atoms with Gasteiger partial charge < -0.3 is 19.1 Å². The van der Waals surface area contributed by atoms with Gasteiger partial charge in [-0.2, -0.15) is 0 Å². The summed E-state index contributed by atoms with van der Waals surface area (Å²) in [7, 11) is 3.24. The van der Waals surface area contributed by atoms with Gasteiger partial charge in [0.25, 0.3) is 5.91 Å². The number of aromatic nitrogens is 1. The van der Waals surface area contributed by atoms with Crippen LogP contribution >= 0.6 is 0 Å². The second kappa shape index (κ2) is 9.08. The van der Waals surface area contributed by atoms with Gasteiger partial charge >= 0.3 is 0 Å². The molecular weight excluding hydrogens is 392 g/mol. The number of ether oxygens (including phenoxy) is 3. The van der Waals surface area contributed by atoms with Crippen LogP contribution in [0.15, 0.2) is 54.6 Å². The van der Waals surface area contributed by atoms with E-state index in [1.54, 1.807) is 37.3 Å². The molecular formula is C25H26N2O4. The van der Waals surface area contributed by atoms with Crippen LogP contribution in [-0.2, 0) is 19.4 Å². The minimum atomic E-state index is -0.117. The Morgan fingerprint density at radius 3 is 2.48 bits per heavy atom. The number of rotatable bonds is 6. The molecule has 0 N–H and O–H groups in total. The first-order valence-corrected chi connectivity index (χ1v) is 10.4. The molecule has 1 aromatic heterocycles. The SMILES string of the molecule is CCc1cccc(Oc2cccc(C(=O)N3CCc4cc(OC)c(OC)cc4C3)n2)c1. The maximum absolute atomic E-state index is 13.1. The van der Waals surface area contributed by atoms with E-state index in [1.807, 2.05) is 30.3 Å². The average molecular weight is 418 g/mol. The largest absolute Gasteiger partial charge is 0.493 e. The molecule has 0 unspecified atom stereocenters. The van der Waals surface area contributed by atoms with Crippen molar-refractivity contribution in [2.75, 3.05) is 20.8 Å². The van der Waals surface area contributed by atoms with Crippen LogP contribution in [0.25, 0.3) is 0 Å². The Kier molecular flexibility index (Phi) is 6.07. The van der Waals surface area contributed by atoms with Gasteiger partial charge in [-0.15, -0.1) is 0 Å². The zero-order chi connectivity index (χ0) is 21.8. The molecule has 0 spiro atoms. The molecule has 0 saturated heterocycles. The number of pyridine rings is 1. The van der Waals surface area contributed by atoms with E-state index in [9.17, 15) is 4.79 Å². The predicted molar refractivity (Wildman–Crippen MR) is 118 cm³/mol. The van der Waals surface area contributed by atoms with Crippen LogP contribution in [0.5, 0.6) is 23.1 Å². The first-order chi connectivity index (χ1) is 15.1. The average Bonchev–Trinajstić information content (AvgIpc) is 2.82. The quantitative estimate of drug-likeness (QED) is 0.583. The molecule has 1 aliphatic rings. The monoisotopic (exact) mass is 418 g/mol. The molecule has 31 heavy (non-hydrogen) atoms. The standard InChI is InChI=1S/C25H26N2O4/c1-4-17-7-5-8-20(13-17)31-24-10-6-9-21(26-24)25(28)27-12-11-18-14-22(29-2)23(30-3)15-19(18)16-27/h5-10,13-15H,4,11-12,16H2,1-3H3. The van der Waals surface area contributed by atoms with Crippen LogP contribution < -0.4 is 14.2 Å². The van der Waals surface area contributed by atoms with E-state index in [-0.39, 0.29) is 5.91 Å². The predicted octanol–water partition coefficient (Wildman–Crippen LogP) is 4.65. The van der Waals surface area contributed by atoms with E-state index in [1.165, 1.54) is 11.1 Å². The highest BCUT2D eigenvalue weighted by Crippen LogP contribution is 2.33. The zero-order valence-electron chi connectivity index (χ0n) is 18.1. The fraction of sp³-hybridized carbons (Fsp3) is 0.280. The Morgan fingerprint density at radius 2 is 1.74 bits per heavy atom. The topological polar surface area (TPSA) is 60.9 Å². The van der Waals surface area contributed by atoms with Crippen LogP contribution in [0.3, 0.4) is 0 Å². The summed E-state index contributed by atoms with van der Waals surface area (Å²) in [5.41, 5.74) is 3.78. The van der Waals surface area contributed by atoms with Gasteiger partial charge in [-0.05, 0) is 59.9 Å². The Bertz CT molecular complexity index is 1100. The number of fused-ring (bicyclic) bond motifs is 1. The number of amides is 1. The van der Waals surface area contributed by atoms with Crippen LogP contribution in [0, 0.1) is 0 Å². The van der Waals surface area contributed by atoms with Gasteiger partial charge in [0.1, 0.15) is 11.4 Å². The Balaban J connectivity index is 1.52. The lowest BCUT2D eigenvalue weighted by atomic mass is 9.98. The number of benzene rings is 2. The number of nitrogens with zero attached hydrogens (tertiary/aromatic N) is 2. The van der Waals surface area contributed by atoms with Crippen molar-refractivity contribution >= 4 is 5.91 Å². The maximum atomic E-state index is 13.1. The molecule has 0 saturated carbocycles. The van der Waals surface area contributed by atoms with Gasteiger partial charge in [-0.3, -0.25) is 4.79 Å². The molecule has 6 heteroatoms. The number of carbonyl (C=O) groups is 1. The van der Waals surface area contributed by atoms with Crippen LogP contribution in [0.4, 0.5) is 0 Å². The lowest BCUT2D eigenvalue weighted by Gasteiger charge is -2.29. The minimum absolute atomic E-state index is 0.117. The van der Waals surface area contributed by atoms with Gasteiger partial charge in [0.05, 0.1) is 14.2 Å². The van der Waals surface area contributed by atoms with E-state index in [4.69, 9.17) is 14.2 Å². The lowest BCUT2D eigenvalue weighted by Crippen LogP contribution is -2.36. The van der Waals surface area contributed by atoms with E-state index in [0.717, 1.165) is 18.4 Å². The van der Waals surface area contributed by atoms with Crippen LogP contribution in [-0.4, -0.2) is 36.6 Å². The third kappa shape index (κ3) is 4.48. The molecule has 1 amide bonds. The van der Waals surface area contributed by atoms with Crippen molar-refractivity contribution < 1.29 is 19.0 Å². The third-order valence-corrected chi connectivity index (χ3v) is 5.48. The molecule has 2 aromatic carbocycles. The van der Waals surface area contributed by atoms with E-state index < -0.39 is 0 Å². The van der Waals surface area contributed by atoms with Gasteiger partial charge in [0.2, 0.25) is 5.88 Å². The van der Waals surface area contributed by atoms with Crippen molar-refractivity contribution in [2.24, 2.45) is 0 Å². The van der Waals surface area contributed by atoms with Crippen molar-refractivity contribution in [1.29, 1.82) is 0 Å². The molecule has 0 aliphatic carbocycles. The molecule has 0 radical (unpaired) electrons. The van der Waals surface area contributed by atoms with Crippen molar-refractivity contribution in [3.05, 3.63) is 77.0 Å². The molecule has 6 nitrogen and oxygen atoms in total. The maximum Gasteiger partial charge on any atom is 0.272 e. The van der Waals surface area contributed by atoms with Gasteiger partial charge in [0.15, 0.2) is 11.5 Å². The molecule has 1 aliphatic heterocycles. The molecule has 3 aromatic rings. The molecule has 0 atom stereocenters. The summed E-state index contributed by atoms with van der Waals surface area (Å²) in [6.07, 6.45) is 1.68. The molecule has 160 valence electrons. The smallest absolute Gasteiger partial charge is 0.272 e. The van der Waals surface area contributed by atoms with Crippen molar-refractivity contribution in [2.45, 2.75) is 26.3 Å². The van der Waals surface area contributed by atoms with Crippen LogP contribution in [0.1, 0.15) is 34.1 Å². The summed E-state index contributed by atoms with van der Waals surface area (Å²) in [6, 6.07) is 17.1. The summed E-state index contributed by atoms with van der Waals surface area (Å²) in [6.45, 7) is 3.21. The van der Waals surface area contributed by atoms with Crippen molar-refractivity contribution in [3.8, 4) is 23.1 Å². The summed E-state index contributed by atoms with van der Waals surface area (Å²) in [4.78, 5) is 19.4. The Hall–Kier alpha value is -3.54. The minimum Gasteiger partial charge on any atom is -0.493 e. The van der Waals surface area contributed by atoms with E-state index in [0.29, 0.717) is 41.9 Å². The number of hydrogen-bond donors (Lipinski definition) is 0. The fourth-order valence-corrected chi connectivity index (χ4v) is 3.76. The molecule has 0 bridgehead atoms. The van der Waals surface area contributed by atoms with E-state index >= 15 is 0 Å². The second-order valence-electron chi connectivity index (χ2n) is 7.42. The Labute approximate surface area is 182 Å². The summed E-state index contributed by atoms with van der Waals surface area (Å²) < 4.78 is 16.7. The van der Waals surface area contributed by atoms with Gasteiger partial charge in [-0.25, -0.2) is 4.98 Å². The van der Waals surface area contributed by atoms with Gasteiger partial charge in [0, 0.05) is 19.2 Å². The van der Waals surface area contributed by atoms with E-state index in [2.05, 4.69) is 18.0 Å². The van der Waals surface area contributed by atoms with Crippen LogP contribution in [0.2, 0.25) is 0 Å². The summed E-state index contributed by atoms with van der Waals surface area (Å²) in [5.74, 6) is 2.37. The lowest BCUT2D eigenvalue weighted by molar-refractivity contribution is 0.0727. The fourth-order valence-electron chi connectivity index (χ4n) is 3.76. The van der Waals surface area contributed by atoms with Crippen molar-refractivity contribution in [1.82, 2.24) is 9.88 Å². The Morgan fingerprint density at radius 1 is 1.00 bits per heavy atom. The van der Waals surface area contributed by atoms with Gasteiger partial charge in [-0.1, -0.05) is 25.1 Å². The summed E-state index contributed by atoms with van der Waals surface area (Å²) >= 11 is 0. The highest BCUT2D eigenvalue weighted by Gasteiger charge is 2.24. The number of hydrogen-bond acceptors (Lipinski definition) is 5. The van der Waals surface area contributed by atoms with Crippen molar-refractivity contribution in [3.63, 3.8) is 0 Å². The molecule has 4 rings (SSSR count). The number of carbonyl (C=O) groups excluding carboxylic acids is 1. The zero-order valence-corrected chi connectivity index (χ0v) is 18.1. The molecule has 0 fully saturated rings. The summed E-state index contributed by atoms with van der Waals surface area (Å²) in [5, 5.41) is 0. The first-order valence-electron chi connectivity index (χ1n) is 10.4. The first kappa shape index (κ1) is 20.7. The highest BCUT2D eigenvalue weighted by molar-refractivity contribution is 5.92. The number of aryl methyl sites for hydroxylation is 1.